The molecule has 0 aliphatic carbocycles. The molecule has 12 nitrogen and oxygen atoms in total. The van der Waals surface area contributed by atoms with E-state index in [1.165, 1.54) is 32.7 Å². The molecule has 0 saturated heterocycles. The summed E-state index contributed by atoms with van der Waals surface area (Å²) in [6.45, 7) is 0.981. The quantitative estimate of drug-likeness (QED) is 0.266. The summed E-state index contributed by atoms with van der Waals surface area (Å²) >= 11 is 0. The van der Waals surface area contributed by atoms with Crippen LogP contribution < -0.4 is 18.9 Å². The van der Waals surface area contributed by atoms with Crippen LogP contribution in [-0.2, 0) is 27.5 Å². The third-order valence-corrected chi connectivity index (χ3v) is 6.77. The predicted octanol–water partition coefficient (Wildman–Crippen LogP) is 3.86. The molecule has 1 aliphatic heterocycles. The van der Waals surface area contributed by atoms with E-state index in [1.807, 2.05) is 0 Å². The Labute approximate surface area is 240 Å². The zero-order valence-electron chi connectivity index (χ0n) is 23.2. The van der Waals surface area contributed by atoms with Crippen molar-refractivity contribution in [1.29, 1.82) is 0 Å². The molecule has 1 amide bonds. The van der Waals surface area contributed by atoms with Crippen LogP contribution in [-0.4, -0.2) is 70.9 Å². The first-order valence-corrected chi connectivity index (χ1v) is 13.2. The number of hydrogen-bond acceptors (Lipinski definition) is 8. The maximum absolute atomic E-state index is 15.4. The van der Waals surface area contributed by atoms with Crippen molar-refractivity contribution in [2.75, 3.05) is 27.4 Å². The molecule has 0 unspecified atom stereocenters. The fourth-order valence-electron chi connectivity index (χ4n) is 4.62. The van der Waals surface area contributed by atoms with Crippen LogP contribution in [0.2, 0.25) is 0 Å². The first-order valence-electron chi connectivity index (χ1n) is 13.2. The number of halogens is 1. The topological polar surface area (TPSA) is 154 Å². The van der Waals surface area contributed by atoms with Gasteiger partial charge in [-0.1, -0.05) is 0 Å². The smallest absolute Gasteiger partial charge is 0.303 e. The monoisotopic (exact) mass is 586 g/mol. The van der Waals surface area contributed by atoms with E-state index in [0.717, 1.165) is 15.7 Å². The number of methoxy groups -OCH3 is 2. The van der Waals surface area contributed by atoms with Crippen molar-refractivity contribution in [3.05, 3.63) is 47.5 Å². The third kappa shape index (κ3) is 6.90. The molecule has 42 heavy (non-hydrogen) atoms. The highest BCUT2D eigenvalue weighted by atomic mass is 19.1. The summed E-state index contributed by atoms with van der Waals surface area (Å²) in [5, 5.41) is 18.2. The highest BCUT2D eigenvalue weighted by Gasteiger charge is 2.26. The van der Waals surface area contributed by atoms with Gasteiger partial charge in [-0.3, -0.25) is 23.7 Å². The number of nitrogens with zero attached hydrogens (tertiary/aromatic N) is 2. The molecule has 224 valence electrons. The van der Waals surface area contributed by atoms with Crippen molar-refractivity contribution < 1.29 is 52.7 Å². The van der Waals surface area contributed by atoms with Crippen molar-refractivity contribution in [3.63, 3.8) is 0 Å². The van der Waals surface area contributed by atoms with Crippen LogP contribution in [0.15, 0.2) is 30.6 Å². The van der Waals surface area contributed by atoms with Gasteiger partial charge in [0.1, 0.15) is 0 Å². The van der Waals surface area contributed by atoms with E-state index in [0.29, 0.717) is 36.4 Å². The van der Waals surface area contributed by atoms with Crippen molar-refractivity contribution >= 4 is 34.5 Å². The molecule has 0 spiro atoms. The van der Waals surface area contributed by atoms with Crippen molar-refractivity contribution in [2.45, 2.75) is 45.2 Å². The summed E-state index contributed by atoms with van der Waals surface area (Å²) in [7, 11) is 2.87. The van der Waals surface area contributed by atoms with Crippen molar-refractivity contribution in [3.8, 4) is 23.0 Å². The number of benzene rings is 2. The number of carboxylic acid groups (broad SMARTS) is 2. The molecule has 2 N–H and O–H groups in total. The second-order valence-electron chi connectivity index (χ2n) is 9.64. The van der Waals surface area contributed by atoms with Gasteiger partial charge in [-0.05, 0) is 29.3 Å². The standard InChI is InChI=1S/C29H31FN2O10/c1-39-21-10-17-13-31(24(33)4-6-26(35)36)14-18(17)11-22(21)41-8-3-9-42-29-23(40-2)12-19-15-32(16-20(19)28(29)30)25(34)5-7-27(37)38/h10-12,15-16H,3-9,13-14H2,1-2H3,(H,35,36)(H,37,38). The van der Waals surface area contributed by atoms with Crippen LogP contribution in [0.1, 0.15) is 48.0 Å². The molecule has 3 aromatic rings. The highest BCUT2D eigenvalue weighted by Crippen LogP contribution is 2.38. The molecule has 1 aromatic heterocycles. The average Bonchev–Trinajstić information content (AvgIpc) is 3.59. The lowest BCUT2D eigenvalue weighted by Gasteiger charge is -2.14. The molecule has 0 saturated carbocycles. The minimum Gasteiger partial charge on any atom is -0.493 e. The zero-order chi connectivity index (χ0) is 30.4. The van der Waals surface area contributed by atoms with Crippen LogP contribution in [0.3, 0.4) is 0 Å². The van der Waals surface area contributed by atoms with E-state index < -0.39 is 23.7 Å². The Morgan fingerprint density at radius 1 is 0.786 bits per heavy atom. The fraction of sp³-hybridized carbons (Fsp3) is 0.379. The molecular formula is C29H31FN2O10. The molecule has 0 fully saturated rings. The van der Waals surface area contributed by atoms with E-state index in [2.05, 4.69) is 0 Å². The van der Waals surface area contributed by atoms with E-state index in [-0.39, 0.29) is 61.7 Å². The van der Waals surface area contributed by atoms with Crippen molar-refractivity contribution in [2.24, 2.45) is 0 Å². The van der Waals surface area contributed by atoms with Gasteiger partial charge in [0.15, 0.2) is 28.8 Å². The molecule has 1 aliphatic rings. The summed E-state index contributed by atoms with van der Waals surface area (Å²) in [6, 6.07) is 5.12. The lowest BCUT2D eigenvalue weighted by atomic mass is 10.1. The van der Waals surface area contributed by atoms with Gasteiger partial charge < -0.3 is 34.1 Å². The van der Waals surface area contributed by atoms with Gasteiger partial charge in [0.25, 0.3) is 0 Å². The summed E-state index contributed by atoms with van der Waals surface area (Å²) in [5.74, 6) is -2.59. The Bertz CT molecular complexity index is 1520. The minimum absolute atomic E-state index is 0.0706. The lowest BCUT2D eigenvalue weighted by Crippen LogP contribution is -2.25. The number of carbonyl (C=O) groups excluding carboxylic acids is 2. The number of carboxylic acids is 2. The van der Waals surface area contributed by atoms with Gasteiger partial charge >= 0.3 is 11.9 Å². The second-order valence-corrected chi connectivity index (χ2v) is 9.64. The molecular weight excluding hydrogens is 555 g/mol. The van der Waals surface area contributed by atoms with Crippen LogP contribution in [0.4, 0.5) is 4.39 Å². The molecule has 0 bridgehead atoms. The summed E-state index contributed by atoms with van der Waals surface area (Å²) in [6.07, 6.45) is 2.23. The van der Waals surface area contributed by atoms with Gasteiger partial charge in [-0.25, -0.2) is 4.39 Å². The first-order chi connectivity index (χ1) is 20.1. The Balaban J connectivity index is 1.36. The number of carbonyl (C=O) groups is 4. The number of aromatic nitrogens is 1. The average molecular weight is 587 g/mol. The van der Waals surface area contributed by atoms with E-state index in [4.69, 9.17) is 29.2 Å². The van der Waals surface area contributed by atoms with E-state index in [1.54, 1.807) is 17.0 Å². The fourth-order valence-corrected chi connectivity index (χ4v) is 4.62. The first kappa shape index (κ1) is 30.2. The number of amides is 1. The minimum atomic E-state index is -1.10. The maximum Gasteiger partial charge on any atom is 0.303 e. The highest BCUT2D eigenvalue weighted by molar-refractivity contribution is 5.92. The Morgan fingerprint density at radius 3 is 2.00 bits per heavy atom. The number of aliphatic carboxylic acids is 2. The number of hydrogen-bond donors (Lipinski definition) is 2. The number of ether oxygens (including phenoxy) is 4. The normalized spacial score (nSPS) is 12.2. The van der Waals surface area contributed by atoms with Gasteiger partial charge in [0, 0.05) is 55.5 Å². The van der Waals surface area contributed by atoms with Gasteiger partial charge in [-0.15, -0.1) is 0 Å². The molecule has 2 aromatic carbocycles. The van der Waals surface area contributed by atoms with Crippen LogP contribution in [0, 0.1) is 5.82 Å². The summed E-state index contributed by atoms with van der Waals surface area (Å²) < 4.78 is 38.8. The van der Waals surface area contributed by atoms with E-state index in [9.17, 15) is 19.2 Å². The maximum atomic E-state index is 15.4. The van der Waals surface area contributed by atoms with Gasteiger partial charge in [0.05, 0.1) is 40.3 Å². The van der Waals surface area contributed by atoms with Crippen LogP contribution in [0.5, 0.6) is 23.0 Å². The summed E-state index contributed by atoms with van der Waals surface area (Å²) in [4.78, 5) is 47.8. The van der Waals surface area contributed by atoms with Crippen LogP contribution in [0.25, 0.3) is 10.8 Å². The number of fused-ring (bicyclic) bond motifs is 2. The summed E-state index contributed by atoms with van der Waals surface area (Å²) in [5.41, 5.74) is 1.76. The predicted molar refractivity (Wildman–Crippen MR) is 146 cm³/mol. The second kappa shape index (κ2) is 13.2. The molecule has 2 heterocycles. The van der Waals surface area contributed by atoms with Gasteiger partial charge in [-0.2, -0.15) is 0 Å². The Kier molecular flexibility index (Phi) is 9.50. The largest absolute Gasteiger partial charge is 0.493 e. The SMILES string of the molecule is COc1cc2c(cc1OCCCOc1c(OC)cc3cn(C(=O)CCC(=O)O)cc3c1F)CN(C(=O)CCC(=O)O)C2. The zero-order valence-corrected chi connectivity index (χ0v) is 23.2. The van der Waals surface area contributed by atoms with Crippen LogP contribution >= 0.6 is 0 Å². The van der Waals surface area contributed by atoms with Crippen molar-refractivity contribution in [1.82, 2.24) is 9.47 Å². The Morgan fingerprint density at radius 2 is 1.38 bits per heavy atom. The van der Waals surface area contributed by atoms with Gasteiger partial charge in [0.2, 0.25) is 11.8 Å². The Hall–Kier alpha value is -4.81. The van der Waals surface area contributed by atoms with E-state index >= 15 is 4.39 Å². The third-order valence-electron chi connectivity index (χ3n) is 6.77. The lowest BCUT2D eigenvalue weighted by molar-refractivity contribution is -0.141. The molecule has 4 rings (SSSR count). The molecule has 0 radical (unpaired) electrons. The number of rotatable bonds is 14. The molecule has 0 atom stereocenters. The molecule has 13 heteroatoms.